The number of aliphatic carboxylic acids is 1. The molecule has 0 spiro atoms. The first-order valence-electron chi connectivity index (χ1n) is 10.2. The van der Waals surface area contributed by atoms with Crippen LogP contribution in [0.5, 0.6) is 0 Å². The summed E-state index contributed by atoms with van der Waals surface area (Å²) in [6, 6.07) is -1.40. The summed E-state index contributed by atoms with van der Waals surface area (Å²) in [5.74, 6) is 1.13. The van der Waals surface area contributed by atoms with E-state index in [9.17, 15) is 19.5 Å². The van der Waals surface area contributed by atoms with Crippen LogP contribution in [0.2, 0.25) is 0 Å². The van der Waals surface area contributed by atoms with Gasteiger partial charge in [0.1, 0.15) is 12.1 Å². The van der Waals surface area contributed by atoms with E-state index in [4.69, 9.17) is 0 Å². The van der Waals surface area contributed by atoms with Crippen LogP contribution in [0, 0.1) is 23.2 Å². The number of carboxylic acids is 1. The normalized spacial score (nSPS) is 39.0. The number of nitrogens with zero attached hydrogens (tertiary/aromatic N) is 1. The van der Waals surface area contributed by atoms with E-state index in [1.807, 2.05) is 0 Å². The fourth-order valence-electron chi connectivity index (χ4n) is 6.74. The molecule has 0 unspecified atom stereocenters. The Kier molecular flexibility index (Phi) is 4.48. The maximum atomic E-state index is 12.7. The van der Waals surface area contributed by atoms with Crippen LogP contribution in [0.3, 0.4) is 0 Å². The SMILES string of the molecule is C[C@H](NC(=O)CC12CC3CC(CC(C3)C1)C2)C(=O)N1CCC[C@H]1C(=O)O. The highest BCUT2D eigenvalue weighted by molar-refractivity contribution is 5.90. The predicted molar refractivity (Wildman–Crippen MR) is 95.2 cm³/mol. The first kappa shape index (κ1) is 17.8. The smallest absolute Gasteiger partial charge is 0.326 e. The van der Waals surface area contributed by atoms with Crippen molar-refractivity contribution >= 4 is 17.8 Å². The molecule has 4 aliphatic carbocycles. The molecule has 26 heavy (non-hydrogen) atoms. The van der Waals surface area contributed by atoms with Gasteiger partial charge in [0, 0.05) is 13.0 Å². The molecule has 1 heterocycles. The number of hydrogen-bond acceptors (Lipinski definition) is 3. The van der Waals surface area contributed by atoms with Gasteiger partial charge in [0.15, 0.2) is 0 Å². The van der Waals surface area contributed by atoms with Crippen molar-refractivity contribution in [2.75, 3.05) is 6.54 Å². The summed E-state index contributed by atoms with van der Waals surface area (Å²) in [5, 5.41) is 12.1. The van der Waals surface area contributed by atoms with E-state index in [0.717, 1.165) is 17.8 Å². The van der Waals surface area contributed by atoms with Crippen LogP contribution in [0.15, 0.2) is 0 Å². The first-order valence-corrected chi connectivity index (χ1v) is 10.2. The average molecular weight is 362 g/mol. The standard InChI is InChI=1S/C20H30N2O4/c1-12(18(24)22-4-2-3-16(22)19(25)26)21-17(23)11-20-8-13-5-14(9-20)7-15(6-13)10-20/h12-16H,2-11H2,1H3,(H,21,23)(H,25,26)/t12-,13?,14?,15?,16-,20?/m0/s1. The fraction of sp³-hybridized carbons (Fsp3) is 0.850. The summed E-state index contributed by atoms with van der Waals surface area (Å²) in [4.78, 5) is 38.0. The summed E-state index contributed by atoms with van der Waals surface area (Å²) >= 11 is 0. The third kappa shape index (κ3) is 3.23. The van der Waals surface area contributed by atoms with Gasteiger partial charge in [-0.25, -0.2) is 4.79 Å². The lowest BCUT2D eigenvalue weighted by molar-refractivity contribution is -0.149. The molecule has 4 saturated carbocycles. The number of rotatable bonds is 5. The van der Waals surface area contributed by atoms with Crippen molar-refractivity contribution in [3.63, 3.8) is 0 Å². The summed E-state index contributed by atoms with van der Waals surface area (Å²) in [6.45, 7) is 2.14. The Labute approximate surface area is 154 Å². The van der Waals surface area contributed by atoms with Crippen LogP contribution in [0.1, 0.15) is 64.7 Å². The van der Waals surface area contributed by atoms with Crippen LogP contribution in [-0.4, -0.2) is 46.4 Å². The molecule has 6 heteroatoms. The molecule has 2 N–H and O–H groups in total. The number of hydrogen-bond donors (Lipinski definition) is 2. The second kappa shape index (κ2) is 6.54. The third-order valence-electron chi connectivity index (χ3n) is 7.27. The third-order valence-corrected chi connectivity index (χ3v) is 7.27. The molecule has 5 aliphatic rings. The van der Waals surface area contributed by atoms with E-state index in [0.29, 0.717) is 25.8 Å². The first-order chi connectivity index (χ1) is 12.3. The van der Waals surface area contributed by atoms with Crippen LogP contribution >= 0.6 is 0 Å². The molecule has 0 aromatic heterocycles. The van der Waals surface area contributed by atoms with Crippen molar-refractivity contribution in [1.29, 1.82) is 0 Å². The molecule has 6 nitrogen and oxygen atoms in total. The number of carboxylic acid groups (broad SMARTS) is 1. The molecular formula is C20H30N2O4. The van der Waals surface area contributed by atoms with Crippen molar-refractivity contribution in [3.8, 4) is 0 Å². The van der Waals surface area contributed by atoms with Gasteiger partial charge in [0.25, 0.3) is 0 Å². The van der Waals surface area contributed by atoms with Gasteiger partial charge in [-0.3, -0.25) is 9.59 Å². The van der Waals surface area contributed by atoms with Crippen LogP contribution in [-0.2, 0) is 14.4 Å². The monoisotopic (exact) mass is 362 g/mol. The van der Waals surface area contributed by atoms with Gasteiger partial charge >= 0.3 is 5.97 Å². The fourth-order valence-corrected chi connectivity index (χ4v) is 6.74. The zero-order valence-corrected chi connectivity index (χ0v) is 15.6. The average Bonchev–Trinajstić information content (AvgIpc) is 3.01. The Balaban J connectivity index is 1.34. The number of carbonyl (C=O) groups excluding carboxylic acids is 2. The van der Waals surface area contributed by atoms with Gasteiger partial charge < -0.3 is 15.3 Å². The predicted octanol–water partition coefficient (Wildman–Crippen LogP) is 2.17. The molecule has 0 radical (unpaired) electrons. The lowest BCUT2D eigenvalue weighted by Gasteiger charge is -2.56. The van der Waals surface area contributed by atoms with E-state index >= 15 is 0 Å². The van der Waals surface area contributed by atoms with Crippen molar-refractivity contribution in [2.45, 2.75) is 76.8 Å². The van der Waals surface area contributed by atoms with Gasteiger partial charge in [-0.2, -0.15) is 0 Å². The minimum Gasteiger partial charge on any atom is -0.480 e. The van der Waals surface area contributed by atoms with Gasteiger partial charge in [0.2, 0.25) is 11.8 Å². The van der Waals surface area contributed by atoms with Gasteiger partial charge in [0.05, 0.1) is 0 Å². The minimum absolute atomic E-state index is 0.0427. The maximum absolute atomic E-state index is 12.7. The number of likely N-dealkylation sites (tertiary alicyclic amines) is 1. The van der Waals surface area contributed by atoms with E-state index < -0.39 is 18.1 Å². The second-order valence-corrected chi connectivity index (χ2v) is 9.41. The zero-order valence-electron chi connectivity index (χ0n) is 15.6. The highest BCUT2D eigenvalue weighted by Crippen LogP contribution is 2.61. The lowest BCUT2D eigenvalue weighted by atomic mass is 9.49. The molecule has 2 atom stereocenters. The highest BCUT2D eigenvalue weighted by Gasteiger charge is 2.51. The van der Waals surface area contributed by atoms with Crippen LogP contribution in [0.4, 0.5) is 0 Å². The van der Waals surface area contributed by atoms with Crippen molar-refractivity contribution in [2.24, 2.45) is 23.2 Å². The lowest BCUT2D eigenvalue weighted by Crippen LogP contribution is -2.52. The molecule has 0 aromatic carbocycles. The number of nitrogens with one attached hydrogen (secondary N) is 1. The molecule has 0 aromatic rings. The minimum atomic E-state index is -0.956. The van der Waals surface area contributed by atoms with Crippen molar-refractivity contribution in [1.82, 2.24) is 10.2 Å². The Hall–Kier alpha value is -1.59. The van der Waals surface area contributed by atoms with E-state index in [-0.39, 0.29) is 17.2 Å². The molecule has 1 aliphatic heterocycles. The van der Waals surface area contributed by atoms with E-state index in [2.05, 4.69) is 5.32 Å². The Morgan fingerprint density at radius 2 is 1.69 bits per heavy atom. The van der Waals surface area contributed by atoms with Crippen LogP contribution < -0.4 is 5.32 Å². The molecule has 5 fully saturated rings. The maximum Gasteiger partial charge on any atom is 0.326 e. The number of amides is 2. The molecule has 144 valence electrons. The van der Waals surface area contributed by atoms with E-state index in [1.54, 1.807) is 6.92 Å². The molecule has 1 saturated heterocycles. The van der Waals surface area contributed by atoms with Crippen molar-refractivity contribution in [3.05, 3.63) is 0 Å². The Bertz CT molecular complexity index is 582. The quantitative estimate of drug-likeness (QED) is 0.785. The number of carbonyl (C=O) groups is 3. The summed E-state index contributed by atoms with van der Waals surface area (Å²) in [7, 11) is 0. The molecule has 2 amide bonds. The van der Waals surface area contributed by atoms with Gasteiger partial charge in [-0.15, -0.1) is 0 Å². The molecular weight excluding hydrogens is 332 g/mol. The highest BCUT2D eigenvalue weighted by atomic mass is 16.4. The summed E-state index contributed by atoms with van der Waals surface area (Å²) < 4.78 is 0. The largest absolute Gasteiger partial charge is 0.480 e. The molecule has 4 bridgehead atoms. The summed E-state index contributed by atoms with van der Waals surface area (Å²) in [6.07, 6.45) is 9.28. The Morgan fingerprint density at radius 3 is 2.23 bits per heavy atom. The molecule has 5 rings (SSSR count). The van der Waals surface area contributed by atoms with Gasteiger partial charge in [-0.1, -0.05) is 0 Å². The topological polar surface area (TPSA) is 86.7 Å². The second-order valence-electron chi connectivity index (χ2n) is 9.41. The van der Waals surface area contributed by atoms with E-state index in [1.165, 1.54) is 43.4 Å². The van der Waals surface area contributed by atoms with Crippen molar-refractivity contribution < 1.29 is 19.5 Å². The zero-order chi connectivity index (χ0) is 18.5. The van der Waals surface area contributed by atoms with Gasteiger partial charge in [-0.05, 0) is 81.5 Å². The summed E-state index contributed by atoms with van der Waals surface area (Å²) in [5.41, 5.74) is 0.152. The Morgan fingerprint density at radius 1 is 1.12 bits per heavy atom. The van der Waals surface area contributed by atoms with Crippen LogP contribution in [0.25, 0.3) is 0 Å².